The van der Waals surface area contributed by atoms with E-state index >= 15 is 0 Å². The molecule has 20 heavy (non-hydrogen) atoms. The summed E-state index contributed by atoms with van der Waals surface area (Å²) in [6.45, 7) is 4.12. The summed E-state index contributed by atoms with van der Waals surface area (Å²) in [5.41, 5.74) is 2.02. The van der Waals surface area contributed by atoms with Crippen LogP contribution in [0.2, 0.25) is 0 Å². The smallest absolute Gasteiger partial charge is 0.124 e. The molecular formula is C16H20N2O2. The minimum absolute atomic E-state index is 0.0315. The zero-order valence-electron chi connectivity index (χ0n) is 12.0. The standard InChI is InChI=1S/C16H20N2O2/c1-11(13-6-8-17-9-7-13)18-12(2)15-5-4-14(20-3)10-16(15)19/h4-12,18-19H,1-3H3. The zero-order valence-corrected chi connectivity index (χ0v) is 12.0. The molecule has 1 heterocycles. The van der Waals surface area contributed by atoms with Crippen molar-refractivity contribution in [2.75, 3.05) is 7.11 Å². The highest BCUT2D eigenvalue weighted by molar-refractivity contribution is 5.41. The summed E-state index contributed by atoms with van der Waals surface area (Å²) in [5, 5.41) is 13.5. The van der Waals surface area contributed by atoms with Crippen LogP contribution in [0.25, 0.3) is 0 Å². The summed E-state index contributed by atoms with van der Waals surface area (Å²) >= 11 is 0. The second-order valence-corrected chi connectivity index (χ2v) is 4.82. The number of hydrogen-bond donors (Lipinski definition) is 2. The van der Waals surface area contributed by atoms with Crippen molar-refractivity contribution >= 4 is 0 Å². The van der Waals surface area contributed by atoms with E-state index in [0.29, 0.717) is 5.75 Å². The Hall–Kier alpha value is -2.07. The molecule has 2 atom stereocenters. The first kappa shape index (κ1) is 14.3. The molecule has 106 valence electrons. The molecule has 2 N–H and O–H groups in total. The van der Waals surface area contributed by atoms with Crippen LogP contribution in [0.1, 0.15) is 37.1 Å². The fourth-order valence-corrected chi connectivity index (χ4v) is 2.23. The van der Waals surface area contributed by atoms with Crippen LogP contribution in [-0.4, -0.2) is 17.2 Å². The Morgan fingerprint density at radius 2 is 1.80 bits per heavy atom. The summed E-state index contributed by atoms with van der Waals surface area (Å²) in [6, 6.07) is 9.54. The van der Waals surface area contributed by atoms with Crippen molar-refractivity contribution in [1.82, 2.24) is 10.3 Å². The Morgan fingerprint density at radius 3 is 2.40 bits per heavy atom. The largest absolute Gasteiger partial charge is 0.507 e. The molecule has 0 amide bonds. The van der Waals surface area contributed by atoms with Gasteiger partial charge in [-0.1, -0.05) is 6.07 Å². The van der Waals surface area contributed by atoms with Crippen LogP contribution in [0.5, 0.6) is 11.5 Å². The molecule has 4 heteroatoms. The highest BCUT2D eigenvalue weighted by Crippen LogP contribution is 2.29. The zero-order chi connectivity index (χ0) is 14.5. The molecule has 0 saturated carbocycles. The van der Waals surface area contributed by atoms with Gasteiger partial charge in [0.05, 0.1) is 7.11 Å². The number of pyridine rings is 1. The van der Waals surface area contributed by atoms with E-state index in [2.05, 4.69) is 17.2 Å². The summed E-state index contributed by atoms with van der Waals surface area (Å²) in [5.74, 6) is 0.895. The average Bonchev–Trinajstić information content (AvgIpc) is 2.47. The van der Waals surface area contributed by atoms with E-state index < -0.39 is 0 Å². The van der Waals surface area contributed by atoms with Crippen LogP contribution in [0, 0.1) is 0 Å². The highest BCUT2D eigenvalue weighted by Gasteiger charge is 2.14. The number of rotatable bonds is 5. The van der Waals surface area contributed by atoms with E-state index in [9.17, 15) is 5.11 Å². The maximum atomic E-state index is 10.0. The van der Waals surface area contributed by atoms with E-state index in [0.717, 1.165) is 5.56 Å². The summed E-state index contributed by atoms with van der Waals surface area (Å²) in [4.78, 5) is 4.02. The van der Waals surface area contributed by atoms with Gasteiger partial charge in [0.2, 0.25) is 0 Å². The van der Waals surface area contributed by atoms with Gasteiger partial charge in [-0.3, -0.25) is 4.98 Å². The molecular weight excluding hydrogens is 252 g/mol. The molecule has 0 aliphatic carbocycles. The number of nitrogens with zero attached hydrogens (tertiary/aromatic N) is 1. The van der Waals surface area contributed by atoms with Crippen LogP contribution in [0.4, 0.5) is 0 Å². The number of ether oxygens (including phenoxy) is 1. The lowest BCUT2D eigenvalue weighted by molar-refractivity contribution is 0.402. The fourth-order valence-electron chi connectivity index (χ4n) is 2.23. The molecule has 0 aliphatic rings. The maximum Gasteiger partial charge on any atom is 0.124 e. The van der Waals surface area contributed by atoms with Gasteiger partial charge in [0.15, 0.2) is 0 Å². The fraction of sp³-hybridized carbons (Fsp3) is 0.312. The molecule has 1 aromatic carbocycles. The predicted molar refractivity (Wildman–Crippen MR) is 78.9 cm³/mol. The van der Waals surface area contributed by atoms with Gasteiger partial charge in [0.25, 0.3) is 0 Å². The van der Waals surface area contributed by atoms with Crippen molar-refractivity contribution < 1.29 is 9.84 Å². The van der Waals surface area contributed by atoms with E-state index in [4.69, 9.17) is 4.74 Å². The second-order valence-electron chi connectivity index (χ2n) is 4.82. The lowest BCUT2D eigenvalue weighted by atomic mass is 10.0. The summed E-state index contributed by atoms with van der Waals surface area (Å²) < 4.78 is 5.09. The van der Waals surface area contributed by atoms with Crippen molar-refractivity contribution in [1.29, 1.82) is 0 Å². The van der Waals surface area contributed by atoms with Crippen LogP contribution in [-0.2, 0) is 0 Å². The molecule has 2 aromatic rings. The van der Waals surface area contributed by atoms with Gasteiger partial charge in [-0.2, -0.15) is 0 Å². The van der Waals surface area contributed by atoms with Crippen molar-refractivity contribution in [3.8, 4) is 11.5 Å². The second kappa shape index (κ2) is 6.39. The molecule has 0 spiro atoms. The van der Waals surface area contributed by atoms with E-state index in [1.54, 1.807) is 25.6 Å². The Balaban J connectivity index is 2.10. The van der Waals surface area contributed by atoms with Crippen molar-refractivity contribution in [2.24, 2.45) is 0 Å². The van der Waals surface area contributed by atoms with Gasteiger partial charge in [-0.05, 0) is 37.6 Å². The van der Waals surface area contributed by atoms with Gasteiger partial charge in [-0.25, -0.2) is 0 Å². The summed E-state index contributed by atoms with van der Waals surface area (Å²) in [7, 11) is 1.58. The lowest BCUT2D eigenvalue weighted by Crippen LogP contribution is -2.22. The molecule has 4 nitrogen and oxygen atoms in total. The molecule has 2 rings (SSSR count). The van der Waals surface area contributed by atoms with Gasteiger partial charge in [0, 0.05) is 36.1 Å². The first-order valence-electron chi connectivity index (χ1n) is 6.64. The maximum absolute atomic E-state index is 10.0. The molecule has 1 aromatic heterocycles. The number of aromatic nitrogens is 1. The first-order valence-corrected chi connectivity index (χ1v) is 6.64. The highest BCUT2D eigenvalue weighted by atomic mass is 16.5. The van der Waals surface area contributed by atoms with Crippen LogP contribution >= 0.6 is 0 Å². The molecule has 0 aliphatic heterocycles. The topological polar surface area (TPSA) is 54.4 Å². The van der Waals surface area contributed by atoms with E-state index in [1.807, 2.05) is 31.2 Å². The number of phenols is 1. The van der Waals surface area contributed by atoms with Crippen molar-refractivity contribution in [2.45, 2.75) is 25.9 Å². The van der Waals surface area contributed by atoms with Crippen LogP contribution in [0.3, 0.4) is 0 Å². The third-order valence-corrected chi connectivity index (χ3v) is 3.41. The van der Waals surface area contributed by atoms with Gasteiger partial charge in [-0.15, -0.1) is 0 Å². The number of phenolic OH excluding ortho intramolecular Hbond substituents is 1. The number of methoxy groups -OCH3 is 1. The normalized spacial score (nSPS) is 13.8. The molecule has 0 fully saturated rings. The predicted octanol–water partition coefficient (Wildman–Crippen LogP) is 3.21. The van der Waals surface area contributed by atoms with Crippen molar-refractivity contribution in [3.05, 3.63) is 53.9 Å². The Kier molecular flexibility index (Phi) is 4.58. The van der Waals surface area contributed by atoms with Crippen LogP contribution < -0.4 is 10.1 Å². The lowest BCUT2D eigenvalue weighted by Gasteiger charge is -2.21. The quantitative estimate of drug-likeness (QED) is 0.877. The Morgan fingerprint density at radius 1 is 1.10 bits per heavy atom. The van der Waals surface area contributed by atoms with Crippen LogP contribution in [0.15, 0.2) is 42.7 Å². The van der Waals surface area contributed by atoms with E-state index in [1.165, 1.54) is 5.56 Å². The van der Waals surface area contributed by atoms with Gasteiger partial charge < -0.3 is 15.2 Å². The molecule has 0 saturated heterocycles. The van der Waals surface area contributed by atoms with E-state index in [-0.39, 0.29) is 17.8 Å². The van der Waals surface area contributed by atoms with Gasteiger partial charge >= 0.3 is 0 Å². The Labute approximate surface area is 119 Å². The number of aromatic hydroxyl groups is 1. The third kappa shape index (κ3) is 3.27. The minimum atomic E-state index is 0.0315. The molecule has 0 bridgehead atoms. The number of nitrogens with one attached hydrogen (secondary N) is 1. The SMILES string of the molecule is COc1ccc(C(C)NC(C)c2ccncc2)c(O)c1. The number of benzene rings is 1. The average molecular weight is 272 g/mol. The third-order valence-electron chi connectivity index (χ3n) is 3.41. The first-order chi connectivity index (χ1) is 9.61. The van der Waals surface area contributed by atoms with Crippen molar-refractivity contribution in [3.63, 3.8) is 0 Å². The van der Waals surface area contributed by atoms with Gasteiger partial charge in [0.1, 0.15) is 11.5 Å². The molecule has 2 unspecified atom stereocenters. The number of hydrogen-bond acceptors (Lipinski definition) is 4. The summed E-state index contributed by atoms with van der Waals surface area (Å²) in [6.07, 6.45) is 3.56. The Bertz CT molecular complexity index is 558. The molecule has 0 radical (unpaired) electrons. The minimum Gasteiger partial charge on any atom is -0.507 e. The monoisotopic (exact) mass is 272 g/mol.